The van der Waals surface area contributed by atoms with Crippen LogP contribution in [0.4, 0.5) is 5.69 Å². The number of anilines is 1. The lowest BCUT2D eigenvalue weighted by molar-refractivity contribution is 0.0456. The third-order valence-electron chi connectivity index (χ3n) is 9.08. The maximum Gasteiger partial charge on any atom is 0.301 e. The number of rotatable bonds is 0. The molecule has 6 rings (SSSR count). The lowest BCUT2D eigenvalue weighted by Gasteiger charge is -2.45. The first-order valence-electron chi connectivity index (χ1n) is 14.1. The second-order valence-corrected chi connectivity index (χ2v) is 13.8. The molecule has 5 atom stereocenters. The molecule has 8 nitrogen and oxygen atoms in total. The maximum atomic E-state index is 13.1. The number of carbonyl (C=O) groups excluding carboxylic acids is 1. The molecule has 2 bridgehead atoms. The Kier molecular flexibility index (Phi) is 7.36. The van der Waals surface area contributed by atoms with Crippen molar-refractivity contribution in [2.75, 3.05) is 24.6 Å². The van der Waals surface area contributed by atoms with Gasteiger partial charge in [-0.15, -0.1) is 0 Å². The number of amides is 1. The van der Waals surface area contributed by atoms with Crippen LogP contribution in [0.3, 0.4) is 0 Å². The highest BCUT2D eigenvalue weighted by Gasteiger charge is 2.44. The van der Waals surface area contributed by atoms with Gasteiger partial charge in [-0.05, 0) is 98.7 Å². The molecule has 4 aliphatic rings. The largest absolute Gasteiger partial charge is 0.490 e. The number of fused-ring (bicyclic) bond motifs is 4. The normalized spacial score (nSPS) is 32.5. The van der Waals surface area contributed by atoms with Crippen LogP contribution in [0.2, 0.25) is 5.02 Å². The quantitative estimate of drug-likeness (QED) is 0.402. The second kappa shape index (κ2) is 10.7. The van der Waals surface area contributed by atoms with Crippen LogP contribution in [0.15, 0.2) is 48.6 Å². The van der Waals surface area contributed by atoms with E-state index >= 15 is 0 Å². The highest BCUT2D eigenvalue weighted by atomic mass is 35.5. The summed E-state index contributed by atoms with van der Waals surface area (Å²) in [5, 5.41) is 11.7. The van der Waals surface area contributed by atoms with Gasteiger partial charge < -0.3 is 14.7 Å². The summed E-state index contributed by atoms with van der Waals surface area (Å²) in [5.74, 6) is 0.362. The highest BCUT2D eigenvalue weighted by molar-refractivity contribution is 7.88. The SMILES string of the molecule is CC1C/C=C/[C@H](O)[C@@H]2CC[C@H]2CN2C[C@@]3(CCCc4cc(Cl)ccc43)COc3ccc(cc32)C(=O)NS(=O)(=O)N1. The second-order valence-electron chi connectivity index (χ2n) is 11.9. The van der Waals surface area contributed by atoms with E-state index in [0.29, 0.717) is 31.9 Å². The predicted octanol–water partition coefficient (Wildman–Crippen LogP) is 4.11. The molecule has 40 heavy (non-hydrogen) atoms. The van der Waals surface area contributed by atoms with Crippen molar-refractivity contribution in [2.24, 2.45) is 11.8 Å². The third-order valence-corrected chi connectivity index (χ3v) is 10.5. The topological polar surface area (TPSA) is 108 Å². The van der Waals surface area contributed by atoms with Gasteiger partial charge in [0.1, 0.15) is 5.75 Å². The fourth-order valence-corrected chi connectivity index (χ4v) is 8.14. The molecule has 2 aromatic rings. The van der Waals surface area contributed by atoms with Crippen LogP contribution < -0.4 is 19.1 Å². The minimum Gasteiger partial charge on any atom is -0.490 e. The minimum absolute atomic E-state index is 0.114. The summed E-state index contributed by atoms with van der Waals surface area (Å²) >= 11 is 6.36. The zero-order valence-electron chi connectivity index (χ0n) is 22.6. The van der Waals surface area contributed by atoms with Gasteiger partial charge in [-0.1, -0.05) is 29.8 Å². The van der Waals surface area contributed by atoms with Crippen molar-refractivity contribution in [3.8, 4) is 5.75 Å². The van der Waals surface area contributed by atoms with Crippen molar-refractivity contribution in [3.05, 3.63) is 70.3 Å². The Labute approximate surface area is 240 Å². The molecule has 1 saturated carbocycles. The summed E-state index contributed by atoms with van der Waals surface area (Å²) in [6, 6.07) is 10.8. The number of ether oxygens (including phenoxy) is 1. The molecular formula is C30H36ClN3O5S. The summed E-state index contributed by atoms with van der Waals surface area (Å²) in [5.41, 5.74) is 3.25. The monoisotopic (exact) mass is 585 g/mol. The molecule has 2 aromatic carbocycles. The highest BCUT2D eigenvalue weighted by Crippen LogP contribution is 2.46. The first kappa shape index (κ1) is 27.6. The number of carbonyl (C=O) groups is 1. The Morgan fingerprint density at radius 3 is 2.83 bits per heavy atom. The minimum atomic E-state index is -4.08. The molecule has 2 heterocycles. The van der Waals surface area contributed by atoms with Gasteiger partial charge in [-0.3, -0.25) is 4.79 Å². The lowest BCUT2D eigenvalue weighted by Crippen LogP contribution is -2.49. The van der Waals surface area contributed by atoms with E-state index < -0.39 is 28.3 Å². The lowest BCUT2D eigenvalue weighted by atomic mass is 9.68. The van der Waals surface area contributed by atoms with Crippen LogP contribution in [-0.2, 0) is 22.0 Å². The van der Waals surface area contributed by atoms with Crippen LogP contribution in [0, 0.1) is 11.8 Å². The number of hydrogen-bond donors (Lipinski definition) is 3. The molecule has 1 amide bonds. The molecule has 1 unspecified atom stereocenters. The molecule has 0 radical (unpaired) electrons. The van der Waals surface area contributed by atoms with E-state index in [4.69, 9.17) is 16.3 Å². The van der Waals surface area contributed by atoms with Crippen LogP contribution >= 0.6 is 11.6 Å². The summed E-state index contributed by atoms with van der Waals surface area (Å²) in [4.78, 5) is 15.4. The molecule has 0 aromatic heterocycles. The zero-order valence-corrected chi connectivity index (χ0v) is 24.2. The van der Waals surface area contributed by atoms with Crippen LogP contribution in [0.25, 0.3) is 0 Å². The Bertz CT molecular complexity index is 1450. The van der Waals surface area contributed by atoms with Crippen molar-refractivity contribution in [2.45, 2.75) is 63.0 Å². The van der Waals surface area contributed by atoms with Gasteiger partial charge >= 0.3 is 10.2 Å². The molecule has 1 spiro atoms. The Morgan fingerprint density at radius 2 is 2.02 bits per heavy atom. The smallest absolute Gasteiger partial charge is 0.301 e. The van der Waals surface area contributed by atoms with Crippen molar-refractivity contribution in [1.82, 2.24) is 9.44 Å². The van der Waals surface area contributed by atoms with E-state index in [2.05, 4.69) is 26.5 Å². The van der Waals surface area contributed by atoms with Crippen molar-refractivity contribution >= 4 is 33.4 Å². The van der Waals surface area contributed by atoms with Crippen LogP contribution in [-0.4, -0.2) is 51.3 Å². The average molecular weight is 586 g/mol. The third kappa shape index (κ3) is 5.36. The van der Waals surface area contributed by atoms with Gasteiger partial charge in [0.2, 0.25) is 0 Å². The molecule has 10 heteroatoms. The zero-order chi connectivity index (χ0) is 28.1. The molecule has 3 N–H and O–H groups in total. The van der Waals surface area contributed by atoms with Gasteiger partial charge in [-0.25, -0.2) is 4.72 Å². The number of nitrogens with one attached hydrogen (secondary N) is 2. The summed E-state index contributed by atoms with van der Waals surface area (Å²) in [6.07, 6.45) is 8.30. The number of halogens is 1. The van der Waals surface area contributed by atoms with Crippen molar-refractivity contribution < 1.29 is 23.1 Å². The van der Waals surface area contributed by atoms with Gasteiger partial charge in [0, 0.05) is 35.1 Å². The molecule has 1 fully saturated rings. The molecular weight excluding hydrogens is 550 g/mol. The molecule has 214 valence electrons. The van der Waals surface area contributed by atoms with Crippen molar-refractivity contribution in [3.63, 3.8) is 0 Å². The van der Waals surface area contributed by atoms with Gasteiger partial charge in [-0.2, -0.15) is 13.1 Å². The fraction of sp³-hybridized carbons (Fsp3) is 0.500. The van der Waals surface area contributed by atoms with Crippen LogP contribution in [0.1, 0.15) is 60.5 Å². The standard InChI is InChI=1S/C30H36ClN3O5S/c1-19-4-2-6-27(35)24-10-7-22(24)16-34-17-30(13-3-5-20-14-23(31)9-11-25(20)30)18-39-28-12-8-21(15-26(28)34)29(36)33-40(37,38)32-19/h2,6,8-9,11-12,14-15,19,22,24,27,32,35H,3-5,7,10,13,16-18H2,1H3,(H,33,36)/b6-2+/t19?,22-,24+,27-,30-/m0/s1. The first-order chi connectivity index (χ1) is 19.1. The predicted molar refractivity (Wildman–Crippen MR) is 155 cm³/mol. The fourth-order valence-electron chi connectivity index (χ4n) is 6.90. The molecule has 2 aliphatic heterocycles. The number of aliphatic hydroxyl groups excluding tert-OH is 1. The molecule has 0 saturated heterocycles. The van der Waals surface area contributed by atoms with E-state index in [9.17, 15) is 18.3 Å². The van der Waals surface area contributed by atoms with Crippen LogP contribution in [0.5, 0.6) is 5.75 Å². The van der Waals surface area contributed by atoms with Crippen molar-refractivity contribution in [1.29, 1.82) is 0 Å². The Hall–Kier alpha value is -2.59. The first-order valence-corrected chi connectivity index (χ1v) is 16.0. The Balaban J connectivity index is 1.42. The van der Waals surface area contributed by atoms with E-state index in [0.717, 1.165) is 42.8 Å². The number of aliphatic hydroxyl groups is 1. The number of nitrogens with zero attached hydrogens (tertiary/aromatic N) is 1. The number of benzene rings is 2. The summed E-state index contributed by atoms with van der Waals surface area (Å²) in [6.45, 7) is 3.61. The molecule has 2 aliphatic carbocycles. The number of hydrogen-bond acceptors (Lipinski definition) is 6. The summed E-state index contributed by atoms with van der Waals surface area (Å²) < 4.78 is 36.5. The van der Waals surface area contributed by atoms with E-state index in [-0.39, 0.29) is 22.8 Å². The van der Waals surface area contributed by atoms with Gasteiger partial charge in [0.15, 0.2) is 0 Å². The number of aryl methyl sites for hydroxylation is 1. The maximum absolute atomic E-state index is 13.1. The van der Waals surface area contributed by atoms with Gasteiger partial charge in [0.25, 0.3) is 5.91 Å². The Morgan fingerprint density at radius 1 is 1.18 bits per heavy atom. The van der Waals surface area contributed by atoms with E-state index in [1.165, 1.54) is 11.1 Å². The summed E-state index contributed by atoms with van der Waals surface area (Å²) in [7, 11) is -4.08. The van der Waals surface area contributed by atoms with E-state index in [1.807, 2.05) is 12.1 Å². The average Bonchev–Trinajstić information content (AvgIpc) is 3.02. The van der Waals surface area contributed by atoms with Gasteiger partial charge in [0.05, 0.1) is 18.4 Å². The van der Waals surface area contributed by atoms with E-state index in [1.54, 1.807) is 31.2 Å².